The molecule has 1 aliphatic rings. The van der Waals surface area contributed by atoms with Crippen LogP contribution in [-0.4, -0.2) is 61.9 Å². The molecule has 0 aromatic carbocycles. The van der Waals surface area contributed by atoms with Gasteiger partial charge in [0.1, 0.15) is 6.04 Å². The highest BCUT2D eigenvalue weighted by molar-refractivity contribution is 5.73. The Kier molecular flexibility index (Phi) is 4.80. The minimum Gasteiger partial charge on any atom is -0.480 e. The molecule has 106 valence electrons. The van der Waals surface area contributed by atoms with Gasteiger partial charge in [0.15, 0.2) is 5.82 Å². The molecule has 2 rings (SSSR count). The Labute approximate surface area is 111 Å². The number of hydrogen-bond donors (Lipinski definition) is 2. The SMILES string of the molecule is CCCCn1nnnc1CN1CCNCC1C(=O)O. The molecule has 1 atom stereocenters. The lowest BCUT2D eigenvalue weighted by Crippen LogP contribution is -2.54. The number of hydrogen-bond acceptors (Lipinski definition) is 6. The van der Waals surface area contributed by atoms with Gasteiger partial charge >= 0.3 is 5.97 Å². The van der Waals surface area contributed by atoms with Crippen LogP contribution in [0.25, 0.3) is 0 Å². The van der Waals surface area contributed by atoms with Crippen molar-refractivity contribution >= 4 is 5.97 Å². The van der Waals surface area contributed by atoms with Crippen LogP contribution in [0.2, 0.25) is 0 Å². The summed E-state index contributed by atoms with van der Waals surface area (Å²) in [6, 6.07) is -0.509. The molecule has 0 radical (unpaired) electrons. The molecule has 2 N–H and O–H groups in total. The summed E-state index contributed by atoms with van der Waals surface area (Å²) in [5, 5.41) is 23.9. The molecule has 1 aromatic heterocycles. The zero-order valence-corrected chi connectivity index (χ0v) is 11.1. The third-order valence-electron chi connectivity index (χ3n) is 3.31. The maximum absolute atomic E-state index is 11.2. The molecule has 1 unspecified atom stereocenters. The molecule has 1 aromatic rings. The van der Waals surface area contributed by atoms with Crippen LogP contribution in [0.15, 0.2) is 0 Å². The Morgan fingerprint density at radius 1 is 1.58 bits per heavy atom. The van der Waals surface area contributed by atoms with Gasteiger partial charge in [-0.3, -0.25) is 9.69 Å². The summed E-state index contributed by atoms with van der Waals surface area (Å²) >= 11 is 0. The van der Waals surface area contributed by atoms with Crippen LogP contribution in [0, 0.1) is 0 Å². The molecule has 2 heterocycles. The topological polar surface area (TPSA) is 96.2 Å². The zero-order chi connectivity index (χ0) is 13.7. The van der Waals surface area contributed by atoms with Crippen molar-refractivity contribution in [3.8, 4) is 0 Å². The average molecular weight is 268 g/mol. The molecule has 8 heteroatoms. The number of aromatic nitrogens is 4. The van der Waals surface area contributed by atoms with E-state index in [0.717, 1.165) is 31.8 Å². The lowest BCUT2D eigenvalue weighted by Gasteiger charge is -2.32. The van der Waals surface area contributed by atoms with Crippen LogP contribution >= 0.6 is 0 Å². The Balaban J connectivity index is 2.02. The second-order valence-electron chi connectivity index (χ2n) is 4.70. The van der Waals surface area contributed by atoms with Gasteiger partial charge < -0.3 is 10.4 Å². The molecule has 0 saturated carbocycles. The number of carboxylic acid groups (broad SMARTS) is 1. The molecule has 0 aliphatic carbocycles. The molecule has 8 nitrogen and oxygen atoms in total. The van der Waals surface area contributed by atoms with Crippen LogP contribution in [0.5, 0.6) is 0 Å². The molecular weight excluding hydrogens is 248 g/mol. The summed E-state index contributed by atoms with van der Waals surface area (Å²) in [4.78, 5) is 13.1. The number of piperazine rings is 1. The predicted molar refractivity (Wildman–Crippen MR) is 67.4 cm³/mol. The summed E-state index contributed by atoms with van der Waals surface area (Å²) in [6.45, 7) is 5.32. The average Bonchev–Trinajstić information content (AvgIpc) is 2.84. The number of rotatable bonds is 6. The lowest BCUT2D eigenvalue weighted by atomic mass is 10.2. The number of tetrazole rings is 1. The Hall–Kier alpha value is -1.54. The Morgan fingerprint density at radius 2 is 2.42 bits per heavy atom. The van der Waals surface area contributed by atoms with Crippen LogP contribution < -0.4 is 5.32 Å². The normalized spacial score (nSPS) is 20.6. The fourth-order valence-corrected chi connectivity index (χ4v) is 2.18. The zero-order valence-electron chi connectivity index (χ0n) is 11.1. The highest BCUT2D eigenvalue weighted by Crippen LogP contribution is 2.09. The molecule has 19 heavy (non-hydrogen) atoms. The van der Waals surface area contributed by atoms with Gasteiger partial charge in [0, 0.05) is 26.2 Å². The third-order valence-corrected chi connectivity index (χ3v) is 3.31. The molecule has 1 fully saturated rings. The fraction of sp³-hybridized carbons (Fsp3) is 0.818. The largest absolute Gasteiger partial charge is 0.480 e. The Morgan fingerprint density at radius 3 is 3.16 bits per heavy atom. The third kappa shape index (κ3) is 3.48. The first-order valence-electron chi connectivity index (χ1n) is 6.65. The van der Waals surface area contributed by atoms with Crippen molar-refractivity contribution in [2.45, 2.75) is 38.9 Å². The minimum absolute atomic E-state index is 0.464. The van der Waals surface area contributed by atoms with E-state index in [1.807, 2.05) is 4.90 Å². The van der Waals surface area contributed by atoms with E-state index in [9.17, 15) is 9.90 Å². The van der Waals surface area contributed by atoms with Crippen molar-refractivity contribution in [2.75, 3.05) is 19.6 Å². The first-order valence-corrected chi connectivity index (χ1v) is 6.65. The summed E-state index contributed by atoms with van der Waals surface area (Å²) < 4.78 is 1.77. The van der Waals surface area contributed by atoms with Gasteiger partial charge in [0.2, 0.25) is 0 Å². The van der Waals surface area contributed by atoms with Gasteiger partial charge in [-0.25, -0.2) is 4.68 Å². The quantitative estimate of drug-likeness (QED) is 0.706. The van der Waals surface area contributed by atoms with Gasteiger partial charge in [0.05, 0.1) is 6.54 Å². The van der Waals surface area contributed by atoms with Crippen molar-refractivity contribution in [3.63, 3.8) is 0 Å². The van der Waals surface area contributed by atoms with E-state index in [1.54, 1.807) is 4.68 Å². The number of carbonyl (C=O) groups is 1. The van der Waals surface area contributed by atoms with E-state index in [4.69, 9.17) is 0 Å². The first kappa shape index (κ1) is 13.9. The van der Waals surface area contributed by atoms with Crippen LogP contribution in [0.4, 0.5) is 0 Å². The second-order valence-corrected chi connectivity index (χ2v) is 4.70. The summed E-state index contributed by atoms with van der Waals surface area (Å²) in [5.74, 6) is -0.0682. The fourth-order valence-electron chi connectivity index (χ4n) is 2.18. The molecule has 0 spiro atoms. The van der Waals surface area contributed by atoms with E-state index < -0.39 is 12.0 Å². The monoisotopic (exact) mass is 268 g/mol. The van der Waals surface area contributed by atoms with Gasteiger partial charge in [-0.2, -0.15) is 0 Å². The molecule has 1 saturated heterocycles. The summed E-state index contributed by atoms with van der Waals surface area (Å²) in [7, 11) is 0. The van der Waals surface area contributed by atoms with E-state index in [2.05, 4.69) is 27.8 Å². The highest BCUT2D eigenvalue weighted by Gasteiger charge is 2.29. The standard InChI is InChI=1S/C11H20N6O2/c1-2-3-5-17-10(13-14-15-17)8-16-6-4-12-7-9(16)11(18)19/h9,12H,2-8H2,1H3,(H,18,19). The van der Waals surface area contributed by atoms with Crippen molar-refractivity contribution in [1.82, 2.24) is 30.4 Å². The predicted octanol–water partition coefficient (Wildman–Crippen LogP) is -0.668. The maximum Gasteiger partial charge on any atom is 0.322 e. The van der Waals surface area contributed by atoms with Gasteiger partial charge in [-0.1, -0.05) is 13.3 Å². The van der Waals surface area contributed by atoms with Crippen LogP contribution in [0.1, 0.15) is 25.6 Å². The number of unbranched alkanes of at least 4 members (excludes halogenated alkanes) is 1. The van der Waals surface area contributed by atoms with E-state index in [1.165, 1.54) is 0 Å². The molecular formula is C11H20N6O2. The molecule has 1 aliphatic heterocycles. The van der Waals surface area contributed by atoms with Gasteiger partial charge in [-0.05, 0) is 16.8 Å². The number of aliphatic carboxylic acids is 1. The van der Waals surface area contributed by atoms with Crippen LogP contribution in [-0.2, 0) is 17.9 Å². The number of carboxylic acids is 1. The first-order chi connectivity index (χ1) is 9.22. The van der Waals surface area contributed by atoms with E-state index in [-0.39, 0.29) is 0 Å². The number of aryl methyl sites for hydroxylation is 1. The Bertz CT molecular complexity index is 421. The van der Waals surface area contributed by atoms with Crippen molar-refractivity contribution < 1.29 is 9.90 Å². The van der Waals surface area contributed by atoms with E-state index in [0.29, 0.717) is 19.6 Å². The molecule has 0 amide bonds. The summed E-state index contributed by atoms with van der Waals surface area (Å²) in [5.41, 5.74) is 0. The second kappa shape index (κ2) is 6.58. The highest BCUT2D eigenvalue weighted by atomic mass is 16.4. The van der Waals surface area contributed by atoms with Gasteiger partial charge in [-0.15, -0.1) is 5.10 Å². The number of nitrogens with one attached hydrogen (secondary N) is 1. The smallest absolute Gasteiger partial charge is 0.322 e. The molecule has 0 bridgehead atoms. The lowest BCUT2D eigenvalue weighted by molar-refractivity contribution is -0.144. The van der Waals surface area contributed by atoms with Crippen LogP contribution in [0.3, 0.4) is 0 Å². The number of nitrogens with zero attached hydrogens (tertiary/aromatic N) is 5. The van der Waals surface area contributed by atoms with E-state index >= 15 is 0 Å². The van der Waals surface area contributed by atoms with Crippen molar-refractivity contribution in [1.29, 1.82) is 0 Å². The van der Waals surface area contributed by atoms with Crippen molar-refractivity contribution in [2.24, 2.45) is 0 Å². The summed E-state index contributed by atoms with van der Waals surface area (Å²) in [6.07, 6.45) is 2.09. The van der Waals surface area contributed by atoms with Crippen molar-refractivity contribution in [3.05, 3.63) is 5.82 Å². The maximum atomic E-state index is 11.2. The van der Waals surface area contributed by atoms with Gasteiger partial charge in [0.25, 0.3) is 0 Å². The minimum atomic E-state index is -0.806.